The van der Waals surface area contributed by atoms with Crippen molar-refractivity contribution in [2.75, 3.05) is 13.7 Å². The highest BCUT2D eigenvalue weighted by Gasteiger charge is 2.47. The van der Waals surface area contributed by atoms with E-state index in [0.29, 0.717) is 12.5 Å². The fourth-order valence-corrected chi connectivity index (χ4v) is 3.85. The highest BCUT2D eigenvalue weighted by molar-refractivity contribution is 5.78. The number of nitrogens with two attached hydrogens (primary N) is 1. The third-order valence-electron chi connectivity index (χ3n) is 5.52. The standard InChI is InChI=1S/C18H23N3O2/c1-22-15-3-2-14-16(21-15)13(5-11-20-14)4-6-18-9-7-17(19,8-10-18)12-23-18/h2-3,5,11H,4,6-10,12,19H2,1H3. The number of aryl methyl sites for hydroxylation is 1. The van der Waals surface area contributed by atoms with Gasteiger partial charge in [-0.3, -0.25) is 4.98 Å². The molecule has 3 fully saturated rings. The van der Waals surface area contributed by atoms with Crippen LogP contribution in [0.25, 0.3) is 11.0 Å². The van der Waals surface area contributed by atoms with Crippen LogP contribution in [-0.4, -0.2) is 34.8 Å². The first-order valence-corrected chi connectivity index (χ1v) is 8.33. The second kappa shape index (κ2) is 5.42. The van der Waals surface area contributed by atoms with Gasteiger partial charge in [-0.1, -0.05) is 0 Å². The van der Waals surface area contributed by atoms with Gasteiger partial charge in [-0.2, -0.15) is 0 Å². The van der Waals surface area contributed by atoms with Gasteiger partial charge in [0.15, 0.2) is 0 Å². The molecule has 0 atom stereocenters. The molecule has 0 radical (unpaired) electrons. The maximum atomic E-state index is 6.31. The number of fused-ring (bicyclic) bond motifs is 4. The van der Waals surface area contributed by atoms with Crippen molar-refractivity contribution in [1.29, 1.82) is 0 Å². The smallest absolute Gasteiger partial charge is 0.213 e. The van der Waals surface area contributed by atoms with E-state index in [9.17, 15) is 0 Å². The maximum Gasteiger partial charge on any atom is 0.213 e. The minimum atomic E-state index is -0.0694. The van der Waals surface area contributed by atoms with Crippen LogP contribution in [0.15, 0.2) is 24.4 Å². The Morgan fingerprint density at radius 1 is 1.22 bits per heavy atom. The van der Waals surface area contributed by atoms with Gasteiger partial charge in [0, 0.05) is 17.8 Å². The molecular weight excluding hydrogens is 290 g/mol. The summed E-state index contributed by atoms with van der Waals surface area (Å²) in [6, 6.07) is 5.87. The summed E-state index contributed by atoms with van der Waals surface area (Å²) >= 11 is 0. The second-order valence-corrected chi connectivity index (χ2v) is 7.03. The fraction of sp³-hybridized carbons (Fsp3) is 0.556. The molecule has 3 aliphatic rings. The molecule has 1 aliphatic carbocycles. The van der Waals surface area contributed by atoms with E-state index in [0.717, 1.165) is 49.6 Å². The lowest BCUT2D eigenvalue weighted by Crippen LogP contribution is -2.59. The average Bonchev–Trinajstić information content (AvgIpc) is 2.61. The normalized spacial score (nSPS) is 29.8. The summed E-state index contributed by atoms with van der Waals surface area (Å²) in [6.07, 6.45) is 8.12. The molecule has 2 bridgehead atoms. The third kappa shape index (κ3) is 2.68. The van der Waals surface area contributed by atoms with E-state index in [-0.39, 0.29) is 11.1 Å². The second-order valence-electron chi connectivity index (χ2n) is 7.03. The predicted molar refractivity (Wildman–Crippen MR) is 88.5 cm³/mol. The molecule has 23 heavy (non-hydrogen) atoms. The van der Waals surface area contributed by atoms with E-state index in [4.69, 9.17) is 15.2 Å². The number of aromatic nitrogens is 2. The van der Waals surface area contributed by atoms with Crippen LogP contribution < -0.4 is 10.5 Å². The first-order chi connectivity index (χ1) is 11.1. The van der Waals surface area contributed by atoms with Crippen LogP contribution in [0.2, 0.25) is 0 Å². The molecular formula is C18H23N3O2. The van der Waals surface area contributed by atoms with Gasteiger partial charge in [0.25, 0.3) is 0 Å². The van der Waals surface area contributed by atoms with E-state index in [1.54, 1.807) is 7.11 Å². The number of nitrogens with zero attached hydrogens (tertiary/aromatic N) is 2. The number of pyridine rings is 2. The zero-order chi connectivity index (χ0) is 15.9. The van der Waals surface area contributed by atoms with Crippen molar-refractivity contribution in [3.05, 3.63) is 30.0 Å². The van der Waals surface area contributed by atoms with Crippen LogP contribution in [0.1, 0.15) is 37.7 Å². The molecule has 122 valence electrons. The number of ether oxygens (including phenoxy) is 2. The van der Waals surface area contributed by atoms with Gasteiger partial charge in [-0.25, -0.2) is 4.98 Å². The van der Waals surface area contributed by atoms with E-state index >= 15 is 0 Å². The van der Waals surface area contributed by atoms with E-state index in [1.165, 1.54) is 5.56 Å². The summed E-state index contributed by atoms with van der Waals surface area (Å²) < 4.78 is 11.4. The Bertz CT molecular complexity index is 707. The molecule has 4 heterocycles. The molecule has 1 saturated carbocycles. The summed E-state index contributed by atoms with van der Waals surface area (Å²) in [6.45, 7) is 0.705. The van der Waals surface area contributed by atoms with Gasteiger partial charge in [0.2, 0.25) is 5.88 Å². The molecule has 2 aromatic heterocycles. The van der Waals surface area contributed by atoms with Crippen molar-refractivity contribution in [2.24, 2.45) is 5.73 Å². The molecule has 2 saturated heterocycles. The van der Waals surface area contributed by atoms with Gasteiger partial charge in [0.05, 0.1) is 30.4 Å². The van der Waals surface area contributed by atoms with Crippen LogP contribution in [0, 0.1) is 0 Å². The van der Waals surface area contributed by atoms with Crippen molar-refractivity contribution >= 4 is 11.0 Å². The summed E-state index contributed by atoms with van der Waals surface area (Å²) in [4.78, 5) is 8.98. The van der Waals surface area contributed by atoms with Gasteiger partial charge in [0.1, 0.15) is 0 Å². The van der Waals surface area contributed by atoms with Crippen LogP contribution >= 0.6 is 0 Å². The molecule has 2 aromatic rings. The molecule has 5 rings (SSSR count). The minimum absolute atomic E-state index is 0.00950. The lowest BCUT2D eigenvalue weighted by atomic mass is 9.70. The molecule has 0 unspecified atom stereocenters. The summed E-state index contributed by atoms with van der Waals surface area (Å²) in [7, 11) is 1.64. The monoisotopic (exact) mass is 313 g/mol. The van der Waals surface area contributed by atoms with E-state index in [2.05, 4.69) is 16.0 Å². The summed E-state index contributed by atoms with van der Waals surface area (Å²) in [5, 5.41) is 0. The molecule has 0 amide bonds. The third-order valence-corrected chi connectivity index (χ3v) is 5.52. The van der Waals surface area contributed by atoms with E-state index < -0.39 is 0 Å². The van der Waals surface area contributed by atoms with Crippen LogP contribution in [0.4, 0.5) is 0 Å². The van der Waals surface area contributed by atoms with Gasteiger partial charge < -0.3 is 15.2 Å². The Morgan fingerprint density at radius 3 is 2.74 bits per heavy atom. The molecule has 2 aliphatic heterocycles. The zero-order valence-corrected chi connectivity index (χ0v) is 13.5. The highest BCUT2D eigenvalue weighted by atomic mass is 16.5. The Kier molecular flexibility index (Phi) is 3.50. The lowest BCUT2D eigenvalue weighted by molar-refractivity contribution is -0.156. The van der Waals surface area contributed by atoms with Crippen molar-refractivity contribution in [3.8, 4) is 5.88 Å². The molecule has 5 heteroatoms. The van der Waals surface area contributed by atoms with Crippen molar-refractivity contribution < 1.29 is 9.47 Å². The molecule has 5 nitrogen and oxygen atoms in total. The topological polar surface area (TPSA) is 70.3 Å². The van der Waals surface area contributed by atoms with Crippen molar-refractivity contribution in [2.45, 2.75) is 49.7 Å². The van der Waals surface area contributed by atoms with Gasteiger partial charge in [-0.15, -0.1) is 0 Å². The molecule has 0 spiro atoms. The van der Waals surface area contributed by atoms with Crippen LogP contribution in [0.5, 0.6) is 5.88 Å². The molecule has 2 N–H and O–H groups in total. The number of rotatable bonds is 4. The summed E-state index contributed by atoms with van der Waals surface area (Å²) in [5.74, 6) is 0.629. The van der Waals surface area contributed by atoms with Gasteiger partial charge in [-0.05, 0) is 56.2 Å². The lowest BCUT2D eigenvalue weighted by Gasteiger charge is -2.51. The largest absolute Gasteiger partial charge is 0.481 e. The quantitative estimate of drug-likeness (QED) is 0.939. The number of hydrogen-bond acceptors (Lipinski definition) is 5. The van der Waals surface area contributed by atoms with Crippen molar-refractivity contribution in [1.82, 2.24) is 9.97 Å². The van der Waals surface area contributed by atoms with Crippen LogP contribution in [0.3, 0.4) is 0 Å². The highest BCUT2D eigenvalue weighted by Crippen LogP contribution is 2.44. The van der Waals surface area contributed by atoms with Gasteiger partial charge >= 0.3 is 0 Å². The minimum Gasteiger partial charge on any atom is -0.481 e. The Hall–Kier alpha value is -1.72. The maximum absolute atomic E-state index is 6.31. The Morgan fingerprint density at radius 2 is 2.04 bits per heavy atom. The Balaban J connectivity index is 1.56. The number of methoxy groups -OCH3 is 1. The average molecular weight is 313 g/mol. The fourth-order valence-electron chi connectivity index (χ4n) is 3.85. The zero-order valence-electron chi connectivity index (χ0n) is 13.5. The SMILES string of the molecule is COc1ccc2nccc(CCC34CCC(N)(CC3)CO4)c2n1. The predicted octanol–water partition coefficient (Wildman–Crippen LogP) is 2.61. The first-order valence-electron chi connectivity index (χ1n) is 8.33. The van der Waals surface area contributed by atoms with Crippen LogP contribution in [-0.2, 0) is 11.2 Å². The van der Waals surface area contributed by atoms with Crippen molar-refractivity contribution in [3.63, 3.8) is 0 Å². The van der Waals surface area contributed by atoms with E-state index in [1.807, 2.05) is 18.3 Å². The first kappa shape index (κ1) is 14.8. The molecule has 0 aromatic carbocycles. The number of hydrogen-bond donors (Lipinski definition) is 1. The summed E-state index contributed by atoms with van der Waals surface area (Å²) in [5.41, 5.74) is 9.31. The Labute approximate surface area is 136 Å².